The fraction of sp³-hybridized carbons (Fsp3) is 0.417. The molecule has 35 heavy (non-hydrogen) atoms. The molecular formula is C24H26ClF2NO6S. The molecule has 190 valence electrons. The Hall–Kier alpha value is -2.72. The predicted octanol–water partition coefficient (Wildman–Crippen LogP) is 5.09. The Labute approximate surface area is 207 Å². The minimum atomic E-state index is -4.23. The highest BCUT2D eigenvalue weighted by Crippen LogP contribution is 2.37. The van der Waals surface area contributed by atoms with Gasteiger partial charge in [-0.25, -0.2) is 22.0 Å². The number of likely N-dealkylation sites (tertiary alicyclic amines) is 1. The molecule has 1 N–H and O–H groups in total. The third-order valence-corrected chi connectivity index (χ3v) is 8.63. The number of aliphatic carboxylic acids is 1. The summed E-state index contributed by atoms with van der Waals surface area (Å²) in [7, 11) is -4.23. The van der Waals surface area contributed by atoms with Crippen LogP contribution < -0.4 is 0 Å². The lowest BCUT2D eigenvalue weighted by Crippen LogP contribution is -2.40. The number of benzene rings is 2. The number of hydrogen-bond donors (Lipinski definition) is 1. The van der Waals surface area contributed by atoms with Gasteiger partial charge >= 0.3 is 12.1 Å². The monoisotopic (exact) mass is 529 g/mol. The number of carboxylic acid groups (broad SMARTS) is 1. The molecule has 1 aliphatic rings. The fourth-order valence-corrected chi connectivity index (χ4v) is 6.37. The van der Waals surface area contributed by atoms with Crippen LogP contribution in [0.3, 0.4) is 0 Å². The molecule has 1 unspecified atom stereocenters. The maximum absolute atomic E-state index is 14.7. The van der Waals surface area contributed by atoms with Crippen LogP contribution in [0.4, 0.5) is 13.6 Å². The number of nitrogens with zero attached hydrogens (tertiary/aromatic N) is 1. The average Bonchev–Trinajstić information content (AvgIpc) is 2.80. The average molecular weight is 530 g/mol. The Morgan fingerprint density at radius 3 is 2.37 bits per heavy atom. The zero-order chi connectivity index (χ0) is 25.8. The molecule has 0 bridgehead atoms. The van der Waals surface area contributed by atoms with Gasteiger partial charge in [0.2, 0.25) is 0 Å². The topological polar surface area (TPSA) is 101 Å². The summed E-state index contributed by atoms with van der Waals surface area (Å²) in [6.07, 6.45) is 0.384. The molecule has 3 rings (SSSR count). The summed E-state index contributed by atoms with van der Waals surface area (Å²) in [6, 6.07) is 7.90. The zero-order valence-electron chi connectivity index (χ0n) is 19.0. The number of halogens is 3. The van der Waals surface area contributed by atoms with Crippen LogP contribution in [0.25, 0.3) is 0 Å². The zero-order valence-corrected chi connectivity index (χ0v) is 20.6. The minimum Gasteiger partial charge on any atom is -0.481 e. The van der Waals surface area contributed by atoms with E-state index in [2.05, 4.69) is 0 Å². The molecule has 0 aliphatic carbocycles. The number of hydrogen-bond acceptors (Lipinski definition) is 5. The molecule has 11 heteroatoms. The summed E-state index contributed by atoms with van der Waals surface area (Å²) in [6.45, 7) is 1.75. The van der Waals surface area contributed by atoms with E-state index in [1.807, 2.05) is 0 Å². The Bertz CT molecular complexity index is 1170. The van der Waals surface area contributed by atoms with Crippen LogP contribution in [0.1, 0.15) is 37.0 Å². The van der Waals surface area contributed by atoms with Crippen molar-refractivity contribution in [3.8, 4) is 0 Å². The fourth-order valence-electron chi connectivity index (χ4n) is 4.23. The van der Waals surface area contributed by atoms with Crippen molar-refractivity contribution >= 4 is 33.5 Å². The first-order chi connectivity index (χ1) is 16.5. The Kier molecular flexibility index (Phi) is 8.71. The van der Waals surface area contributed by atoms with E-state index >= 15 is 0 Å². The van der Waals surface area contributed by atoms with Gasteiger partial charge in [0.25, 0.3) is 0 Å². The van der Waals surface area contributed by atoms with Crippen LogP contribution in [-0.2, 0) is 19.4 Å². The number of piperidine rings is 1. The predicted molar refractivity (Wildman–Crippen MR) is 125 cm³/mol. The van der Waals surface area contributed by atoms with Crippen molar-refractivity contribution in [2.75, 3.05) is 19.7 Å². The van der Waals surface area contributed by atoms with E-state index in [4.69, 9.17) is 21.4 Å². The second kappa shape index (κ2) is 11.3. The highest BCUT2D eigenvalue weighted by molar-refractivity contribution is 7.91. The molecule has 0 spiro atoms. The van der Waals surface area contributed by atoms with Crippen LogP contribution in [0.15, 0.2) is 47.4 Å². The van der Waals surface area contributed by atoms with Crippen molar-refractivity contribution in [3.05, 3.63) is 64.7 Å². The number of sulfone groups is 1. The van der Waals surface area contributed by atoms with Crippen LogP contribution in [0, 0.1) is 23.5 Å². The van der Waals surface area contributed by atoms with Crippen LogP contribution in [0.5, 0.6) is 0 Å². The Morgan fingerprint density at radius 2 is 1.77 bits per heavy atom. The maximum atomic E-state index is 14.7. The summed E-state index contributed by atoms with van der Waals surface area (Å²) in [4.78, 5) is 24.7. The lowest BCUT2D eigenvalue weighted by atomic mass is 9.94. The van der Waals surface area contributed by atoms with Gasteiger partial charge in [0.15, 0.2) is 9.84 Å². The van der Waals surface area contributed by atoms with Gasteiger partial charge in [0.05, 0.1) is 16.8 Å². The molecule has 1 fully saturated rings. The van der Waals surface area contributed by atoms with Crippen LogP contribution >= 0.6 is 11.6 Å². The van der Waals surface area contributed by atoms with Crippen LogP contribution in [-0.4, -0.2) is 50.2 Å². The number of rotatable bonds is 8. The van der Waals surface area contributed by atoms with E-state index in [0.29, 0.717) is 31.0 Å². The SMILES string of the molecule is C[C@H](COC(=O)N1CCC(CC(=O)O)CC1)C(c1cc(F)ccc1F)S(=O)(=O)c1ccc(Cl)cc1. The largest absolute Gasteiger partial charge is 0.481 e. The van der Waals surface area contributed by atoms with E-state index in [1.165, 1.54) is 36.1 Å². The van der Waals surface area contributed by atoms with E-state index in [9.17, 15) is 26.8 Å². The smallest absolute Gasteiger partial charge is 0.409 e. The minimum absolute atomic E-state index is 0.0275. The first kappa shape index (κ1) is 26.9. The second-order valence-electron chi connectivity index (χ2n) is 8.67. The molecule has 2 aromatic carbocycles. The van der Waals surface area contributed by atoms with E-state index < -0.39 is 44.7 Å². The molecule has 0 radical (unpaired) electrons. The van der Waals surface area contributed by atoms with E-state index in [1.54, 1.807) is 0 Å². The van der Waals surface area contributed by atoms with Gasteiger partial charge < -0.3 is 14.7 Å². The number of carbonyl (C=O) groups is 2. The van der Waals surface area contributed by atoms with Crippen molar-refractivity contribution in [3.63, 3.8) is 0 Å². The Balaban J connectivity index is 1.78. The highest BCUT2D eigenvalue weighted by Gasteiger charge is 2.37. The quantitative estimate of drug-likeness (QED) is 0.511. The Morgan fingerprint density at radius 1 is 1.14 bits per heavy atom. The van der Waals surface area contributed by atoms with E-state index in [-0.39, 0.29) is 29.4 Å². The molecule has 1 amide bonds. The van der Waals surface area contributed by atoms with Crippen molar-refractivity contribution in [2.45, 2.75) is 36.3 Å². The summed E-state index contributed by atoms with van der Waals surface area (Å²) in [5.74, 6) is -3.54. The van der Waals surface area contributed by atoms with E-state index in [0.717, 1.165) is 18.2 Å². The molecular weight excluding hydrogens is 504 g/mol. The standard InChI is InChI=1S/C24H26ClF2NO6S/c1-15(14-34-24(31)28-10-8-16(9-11-28)12-22(29)30)23(20-13-18(26)4-7-21(20)27)35(32,33)19-5-2-17(25)3-6-19/h2-7,13,15-16,23H,8-12,14H2,1H3,(H,29,30)/t15-,23?/m1/s1. The summed E-state index contributed by atoms with van der Waals surface area (Å²) in [5, 5.41) is 7.70. The molecule has 2 aromatic rings. The van der Waals surface area contributed by atoms with Crippen molar-refractivity contribution in [1.82, 2.24) is 4.90 Å². The third-order valence-electron chi connectivity index (χ3n) is 6.06. The normalized spacial score (nSPS) is 16.5. The molecule has 7 nitrogen and oxygen atoms in total. The molecule has 1 aliphatic heterocycles. The molecule has 2 atom stereocenters. The summed E-state index contributed by atoms with van der Waals surface area (Å²) < 4.78 is 61.0. The number of carboxylic acids is 1. The van der Waals surface area contributed by atoms with Gasteiger partial charge in [-0.3, -0.25) is 4.79 Å². The maximum Gasteiger partial charge on any atom is 0.409 e. The van der Waals surface area contributed by atoms with Gasteiger partial charge in [-0.2, -0.15) is 0 Å². The van der Waals surface area contributed by atoms with Crippen molar-refractivity contribution < 1.29 is 36.6 Å². The lowest BCUT2D eigenvalue weighted by Gasteiger charge is -2.31. The number of ether oxygens (including phenoxy) is 1. The summed E-state index contributed by atoms with van der Waals surface area (Å²) in [5.41, 5.74) is -0.363. The van der Waals surface area contributed by atoms with Gasteiger partial charge in [-0.1, -0.05) is 18.5 Å². The number of amides is 1. The van der Waals surface area contributed by atoms with Crippen LogP contribution in [0.2, 0.25) is 5.02 Å². The molecule has 0 saturated carbocycles. The lowest BCUT2D eigenvalue weighted by molar-refractivity contribution is -0.138. The molecule has 1 saturated heterocycles. The first-order valence-corrected chi connectivity index (χ1v) is 13.0. The van der Waals surface area contributed by atoms with Crippen molar-refractivity contribution in [1.29, 1.82) is 0 Å². The van der Waals surface area contributed by atoms with Gasteiger partial charge in [-0.05, 0) is 61.2 Å². The number of carbonyl (C=O) groups excluding carboxylic acids is 1. The molecule has 1 heterocycles. The highest BCUT2D eigenvalue weighted by atomic mass is 35.5. The van der Waals surface area contributed by atoms with Gasteiger partial charge in [0.1, 0.15) is 11.6 Å². The van der Waals surface area contributed by atoms with Gasteiger partial charge in [-0.15, -0.1) is 0 Å². The third kappa shape index (κ3) is 6.70. The summed E-state index contributed by atoms with van der Waals surface area (Å²) >= 11 is 5.86. The van der Waals surface area contributed by atoms with Gasteiger partial charge in [0, 0.05) is 36.0 Å². The molecule has 0 aromatic heterocycles. The second-order valence-corrected chi connectivity index (χ2v) is 11.2. The first-order valence-electron chi connectivity index (χ1n) is 11.1. The van der Waals surface area contributed by atoms with Crippen molar-refractivity contribution in [2.24, 2.45) is 11.8 Å².